The second kappa shape index (κ2) is 12.9. The first-order valence-electron chi connectivity index (χ1n) is 9.84. The van der Waals surface area contributed by atoms with Gasteiger partial charge in [0.1, 0.15) is 17.4 Å². The molecular formula is C22H29IN6O2. The summed E-state index contributed by atoms with van der Waals surface area (Å²) in [5.74, 6) is 3.23. The molecule has 8 nitrogen and oxygen atoms in total. The third kappa shape index (κ3) is 7.51. The average molecular weight is 536 g/mol. The Morgan fingerprint density at radius 2 is 2.03 bits per heavy atom. The molecular weight excluding hydrogens is 507 g/mol. The van der Waals surface area contributed by atoms with E-state index in [-0.39, 0.29) is 24.0 Å². The van der Waals surface area contributed by atoms with E-state index in [1.807, 2.05) is 60.3 Å². The fourth-order valence-corrected chi connectivity index (χ4v) is 2.84. The van der Waals surface area contributed by atoms with Crippen molar-refractivity contribution in [3.05, 3.63) is 66.4 Å². The molecule has 0 amide bonds. The third-order valence-electron chi connectivity index (χ3n) is 4.42. The first-order chi connectivity index (χ1) is 14.7. The van der Waals surface area contributed by atoms with E-state index in [0.29, 0.717) is 25.7 Å². The number of rotatable bonds is 9. The zero-order valence-electron chi connectivity index (χ0n) is 18.0. The molecule has 9 heteroatoms. The van der Waals surface area contributed by atoms with E-state index in [1.165, 1.54) is 0 Å². The van der Waals surface area contributed by atoms with Gasteiger partial charge in [0.25, 0.3) is 0 Å². The summed E-state index contributed by atoms with van der Waals surface area (Å²) in [5.41, 5.74) is 1.95. The first kappa shape index (κ1) is 24.6. The van der Waals surface area contributed by atoms with E-state index in [2.05, 4.69) is 25.6 Å². The molecule has 3 aromatic rings. The quantitative estimate of drug-likeness (QED) is 0.187. The standard InChI is InChI=1S/C22H28N6O2.HI/c1-17-24-10-11-28(17)21-9-8-18(15-25-21)16-26-22(23-2)27-19-6-4-7-20(14-19)30-13-5-12-29-3;/h4,6-11,14-15H,5,12-13,16H2,1-3H3,(H2,23,26,27);1H. The zero-order chi connectivity index (χ0) is 21.2. The van der Waals surface area contributed by atoms with Crippen LogP contribution in [-0.4, -0.2) is 47.9 Å². The average Bonchev–Trinajstić information content (AvgIpc) is 3.21. The maximum atomic E-state index is 5.75. The minimum atomic E-state index is 0. The van der Waals surface area contributed by atoms with Crippen molar-refractivity contribution in [2.24, 2.45) is 4.99 Å². The van der Waals surface area contributed by atoms with Gasteiger partial charge in [-0.05, 0) is 30.7 Å². The number of ether oxygens (including phenoxy) is 2. The summed E-state index contributed by atoms with van der Waals surface area (Å²) < 4.78 is 12.7. The molecule has 0 unspecified atom stereocenters. The number of guanidine groups is 1. The van der Waals surface area contributed by atoms with E-state index < -0.39 is 0 Å². The lowest BCUT2D eigenvalue weighted by Crippen LogP contribution is -2.30. The van der Waals surface area contributed by atoms with Crippen LogP contribution in [0.4, 0.5) is 5.69 Å². The number of imidazole rings is 1. The van der Waals surface area contributed by atoms with Gasteiger partial charge >= 0.3 is 0 Å². The number of halogens is 1. The van der Waals surface area contributed by atoms with Crippen molar-refractivity contribution < 1.29 is 9.47 Å². The van der Waals surface area contributed by atoms with Crippen molar-refractivity contribution in [2.75, 3.05) is 32.7 Å². The number of methoxy groups -OCH3 is 1. The van der Waals surface area contributed by atoms with Crippen molar-refractivity contribution in [3.8, 4) is 11.6 Å². The zero-order valence-corrected chi connectivity index (χ0v) is 20.4. The summed E-state index contributed by atoms with van der Waals surface area (Å²) in [6, 6.07) is 11.8. The Hall–Kier alpha value is -2.66. The molecule has 2 N–H and O–H groups in total. The monoisotopic (exact) mass is 536 g/mol. The smallest absolute Gasteiger partial charge is 0.195 e. The number of pyridine rings is 1. The van der Waals surface area contributed by atoms with Crippen LogP contribution in [0.25, 0.3) is 5.82 Å². The molecule has 2 heterocycles. The van der Waals surface area contributed by atoms with Crippen LogP contribution in [0.3, 0.4) is 0 Å². The molecule has 0 saturated heterocycles. The van der Waals surface area contributed by atoms with Gasteiger partial charge in [-0.25, -0.2) is 9.97 Å². The van der Waals surface area contributed by atoms with Gasteiger partial charge in [0, 0.05) is 64.1 Å². The normalized spacial score (nSPS) is 11.0. The number of hydrogen-bond donors (Lipinski definition) is 2. The highest BCUT2D eigenvalue weighted by atomic mass is 127. The Morgan fingerprint density at radius 1 is 1.16 bits per heavy atom. The van der Waals surface area contributed by atoms with Crippen LogP contribution in [0, 0.1) is 6.92 Å². The van der Waals surface area contributed by atoms with Crippen molar-refractivity contribution in [1.29, 1.82) is 0 Å². The molecule has 0 aliphatic rings. The number of aryl methyl sites for hydroxylation is 1. The maximum Gasteiger partial charge on any atom is 0.195 e. The highest BCUT2D eigenvalue weighted by Gasteiger charge is 2.04. The van der Waals surface area contributed by atoms with Gasteiger partial charge in [-0.3, -0.25) is 9.56 Å². The number of hydrogen-bond acceptors (Lipinski definition) is 5. The Labute approximate surface area is 200 Å². The SMILES string of the molecule is CN=C(NCc1ccc(-n2ccnc2C)nc1)Nc1cccc(OCCCOC)c1.I. The van der Waals surface area contributed by atoms with Gasteiger partial charge in [0.15, 0.2) is 5.96 Å². The number of benzene rings is 1. The molecule has 0 radical (unpaired) electrons. The molecule has 0 spiro atoms. The van der Waals surface area contributed by atoms with Crippen molar-refractivity contribution in [1.82, 2.24) is 19.9 Å². The molecule has 166 valence electrons. The molecule has 0 saturated carbocycles. The first-order valence-corrected chi connectivity index (χ1v) is 9.84. The molecule has 0 aliphatic heterocycles. The van der Waals surface area contributed by atoms with Crippen molar-refractivity contribution in [3.63, 3.8) is 0 Å². The lowest BCUT2D eigenvalue weighted by Gasteiger charge is -2.13. The van der Waals surface area contributed by atoms with Crippen LogP contribution in [0.2, 0.25) is 0 Å². The summed E-state index contributed by atoms with van der Waals surface area (Å²) in [6.45, 7) is 3.85. The fraction of sp³-hybridized carbons (Fsp3) is 0.318. The van der Waals surface area contributed by atoms with Crippen LogP contribution < -0.4 is 15.4 Å². The number of nitrogens with zero attached hydrogens (tertiary/aromatic N) is 4. The molecule has 3 rings (SSSR count). The molecule has 0 bridgehead atoms. The van der Waals surface area contributed by atoms with Gasteiger partial charge in [0.05, 0.1) is 6.61 Å². The van der Waals surface area contributed by atoms with E-state index in [9.17, 15) is 0 Å². The second-order valence-corrected chi connectivity index (χ2v) is 6.64. The maximum absolute atomic E-state index is 5.75. The van der Waals surface area contributed by atoms with Gasteiger partial charge in [0.2, 0.25) is 0 Å². The molecule has 31 heavy (non-hydrogen) atoms. The van der Waals surface area contributed by atoms with Crippen LogP contribution in [0.1, 0.15) is 17.8 Å². The van der Waals surface area contributed by atoms with Gasteiger partial charge in [-0.1, -0.05) is 12.1 Å². The molecule has 0 fully saturated rings. The Balaban J connectivity index is 0.00000341. The summed E-state index contributed by atoms with van der Waals surface area (Å²) in [5, 5.41) is 6.59. The summed E-state index contributed by atoms with van der Waals surface area (Å²) in [4.78, 5) is 13.0. The molecule has 0 aliphatic carbocycles. The summed E-state index contributed by atoms with van der Waals surface area (Å²) in [6.07, 6.45) is 6.37. The largest absolute Gasteiger partial charge is 0.493 e. The molecule has 2 aromatic heterocycles. The third-order valence-corrected chi connectivity index (χ3v) is 4.42. The summed E-state index contributed by atoms with van der Waals surface area (Å²) >= 11 is 0. The van der Waals surface area contributed by atoms with E-state index >= 15 is 0 Å². The van der Waals surface area contributed by atoms with Gasteiger partial charge < -0.3 is 20.1 Å². The molecule has 0 atom stereocenters. The van der Waals surface area contributed by atoms with E-state index in [0.717, 1.165) is 35.1 Å². The van der Waals surface area contributed by atoms with Crippen LogP contribution in [0.15, 0.2) is 60.0 Å². The predicted octanol–water partition coefficient (Wildman–Crippen LogP) is 3.80. The lowest BCUT2D eigenvalue weighted by atomic mass is 10.3. The molecule has 1 aromatic carbocycles. The van der Waals surface area contributed by atoms with E-state index in [1.54, 1.807) is 20.4 Å². The topological polar surface area (TPSA) is 85.6 Å². The fourth-order valence-electron chi connectivity index (χ4n) is 2.84. The Kier molecular flexibility index (Phi) is 10.2. The van der Waals surface area contributed by atoms with Crippen molar-refractivity contribution in [2.45, 2.75) is 19.9 Å². The highest BCUT2D eigenvalue weighted by Crippen LogP contribution is 2.17. The lowest BCUT2D eigenvalue weighted by molar-refractivity contribution is 0.172. The second-order valence-electron chi connectivity index (χ2n) is 6.64. The number of anilines is 1. The Morgan fingerprint density at radius 3 is 2.71 bits per heavy atom. The predicted molar refractivity (Wildman–Crippen MR) is 134 cm³/mol. The van der Waals surface area contributed by atoms with E-state index in [4.69, 9.17) is 9.47 Å². The highest BCUT2D eigenvalue weighted by molar-refractivity contribution is 14.0. The number of aliphatic imine (C=N–C) groups is 1. The number of aromatic nitrogens is 3. The minimum Gasteiger partial charge on any atom is -0.493 e. The minimum absolute atomic E-state index is 0. The van der Waals surface area contributed by atoms with Crippen LogP contribution in [-0.2, 0) is 11.3 Å². The van der Waals surface area contributed by atoms with Gasteiger partial charge in [-0.15, -0.1) is 24.0 Å². The van der Waals surface area contributed by atoms with Gasteiger partial charge in [-0.2, -0.15) is 0 Å². The number of nitrogens with one attached hydrogen (secondary N) is 2. The van der Waals surface area contributed by atoms with Crippen LogP contribution >= 0.6 is 24.0 Å². The van der Waals surface area contributed by atoms with Crippen molar-refractivity contribution >= 4 is 35.6 Å². The summed E-state index contributed by atoms with van der Waals surface area (Å²) in [7, 11) is 3.43. The van der Waals surface area contributed by atoms with Crippen LogP contribution in [0.5, 0.6) is 5.75 Å². The Bertz CT molecular complexity index is 959.